The fourth-order valence-corrected chi connectivity index (χ4v) is 4.25. The zero-order valence-corrected chi connectivity index (χ0v) is 13.1. The Labute approximate surface area is 112 Å². The normalized spacial score (nSPS) is 13.6. The average Bonchev–Trinajstić information content (AvgIpc) is 1.95. The van der Waals surface area contributed by atoms with E-state index in [0.29, 0.717) is 0 Å². The maximum absolute atomic E-state index is 11.1. The molecule has 5 N–H and O–H groups in total. The van der Waals surface area contributed by atoms with Crippen LogP contribution >= 0.6 is 27.6 Å². The second-order valence-electron chi connectivity index (χ2n) is 4.29. The fourth-order valence-electron chi connectivity index (χ4n) is 1.69. The maximum atomic E-state index is 11.1. The van der Waals surface area contributed by atoms with Crippen molar-refractivity contribution in [2.45, 2.75) is 18.9 Å². The predicted octanol–water partition coefficient (Wildman–Crippen LogP) is -0.0214. The number of nitrogens with zero attached hydrogens (tertiary/aromatic N) is 1. The Morgan fingerprint density at radius 2 is 1.39 bits per heavy atom. The van der Waals surface area contributed by atoms with Crippen LogP contribution in [0, 0.1) is 0 Å². The van der Waals surface area contributed by atoms with Crippen LogP contribution in [-0.4, -0.2) is 56.5 Å². The molecule has 8 nitrogen and oxygen atoms in total. The highest BCUT2D eigenvalue weighted by Crippen LogP contribution is 2.46. The molecule has 0 aliphatic heterocycles. The summed E-state index contributed by atoms with van der Waals surface area (Å²) >= 11 is 0. The minimum atomic E-state index is -4.38. The van der Waals surface area contributed by atoms with E-state index in [-0.39, 0.29) is 18.8 Å². The molecule has 0 aromatic heterocycles. The molecule has 11 heteroatoms. The minimum absolute atomic E-state index is 0. The first-order valence-corrected chi connectivity index (χ1v) is 8.53. The van der Waals surface area contributed by atoms with Gasteiger partial charge in [-0.1, -0.05) is 6.92 Å². The van der Waals surface area contributed by atoms with Crippen LogP contribution in [0.15, 0.2) is 0 Å². The quantitative estimate of drug-likeness (QED) is 0.326. The van der Waals surface area contributed by atoms with Gasteiger partial charge in [-0.25, -0.2) is 5.43 Å². The van der Waals surface area contributed by atoms with Gasteiger partial charge in [0.05, 0.1) is 17.9 Å². The molecule has 0 radical (unpaired) electrons. The molecule has 0 spiro atoms. The van der Waals surface area contributed by atoms with Crippen molar-refractivity contribution in [3.63, 3.8) is 0 Å². The number of hydrogen-bond acceptors (Lipinski definition) is 4. The van der Waals surface area contributed by atoms with Gasteiger partial charge in [-0.15, -0.1) is 12.4 Å². The molecule has 0 saturated heterocycles. The van der Waals surface area contributed by atoms with Crippen LogP contribution in [0.5, 0.6) is 0 Å². The number of rotatable bonds is 7. The monoisotopic (exact) mass is 326 g/mol. The lowest BCUT2D eigenvalue weighted by Gasteiger charge is -2.36. The van der Waals surface area contributed by atoms with E-state index in [4.69, 9.17) is 19.6 Å². The van der Waals surface area contributed by atoms with Gasteiger partial charge in [0.15, 0.2) is 0 Å². The van der Waals surface area contributed by atoms with Crippen molar-refractivity contribution in [3.05, 3.63) is 0 Å². The lowest BCUT2D eigenvalue weighted by atomic mass is 10.0. The van der Waals surface area contributed by atoms with Crippen LogP contribution in [-0.2, 0) is 9.13 Å². The molecule has 0 saturated carbocycles. The zero-order chi connectivity index (χ0) is 13.9. The molecule has 112 valence electrons. The third-order valence-electron chi connectivity index (χ3n) is 2.15. The van der Waals surface area contributed by atoms with E-state index in [1.54, 1.807) is 21.0 Å². The number of hydrogen-bond donors (Lipinski definition) is 5. The lowest BCUT2D eigenvalue weighted by Crippen LogP contribution is -2.56. The van der Waals surface area contributed by atoms with Crippen LogP contribution < -0.4 is 5.43 Å². The summed E-state index contributed by atoms with van der Waals surface area (Å²) in [5, 5.41) is 1.43. The molecule has 0 aromatic rings. The van der Waals surface area contributed by atoms with Gasteiger partial charge < -0.3 is 19.6 Å². The van der Waals surface area contributed by atoms with Gasteiger partial charge in [-0.3, -0.25) is 14.1 Å². The first-order chi connectivity index (χ1) is 7.39. The molecule has 0 aromatic carbocycles. The summed E-state index contributed by atoms with van der Waals surface area (Å²) in [5.74, 6) is 0. The molecule has 0 heterocycles. The molecule has 18 heavy (non-hydrogen) atoms. The molecule has 0 aliphatic rings. The summed E-state index contributed by atoms with van der Waals surface area (Å²) in [6, 6.07) is 0. The van der Waals surface area contributed by atoms with E-state index < -0.39 is 33.1 Å². The van der Waals surface area contributed by atoms with Crippen molar-refractivity contribution in [1.29, 1.82) is 0 Å². The highest BCUT2D eigenvalue weighted by Gasteiger charge is 2.41. The van der Waals surface area contributed by atoms with Gasteiger partial charge in [-0.05, 0) is 6.42 Å². The second-order valence-corrected chi connectivity index (χ2v) is 7.58. The van der Waals surface area contributed by atoms with E-state index in [0.717, 1.165) is 0 Å². The minimum Gasteiger partial charge on any atom is -0.324 e. The lowest BCUT2D eigenvalue weighted by molar-refractivity contribution is 0.173. The van der Waals surface area contributed by atoms with Gasteiger partial charge in [-0.2, -0.15) is 0 Å². The number of hydrazine groups is 1. The van der Waals surface area contributed by atoms with Gasteiger partial charge in [0, 0.05) is 14.1 Å². The van der Waals surface area contributed by atoms with Crippen LogP contribution in [0.1, 0.15) is 13.3 Å². The van der Waals surface area contributed by atoms with E-state index in [2.05, 4.69) is 5.43 Å². The van der Waals surface area contributed by atoms with E-state index >= 15 is 0 Å². The summed E-state index contributed by atoms with van der Waals surface area (Å²) in [7, 11) is -5.58. The Balaban J connectivity index is 0. The van der Waals surface area contributed by atoms with Gasteiger partial charge >= 0.3 is 15.2 Å². The summed E-state index contributed by atoms with van der Waals surface area (Å²) < 4.78 is 22.1. The summed E-state index contributed by atoms with van der Waals surface area (Å²) in [6.07, 6.45) is -1.07. The van der Waals surface area contributed by atoms with Gasteiger partial charge in [0.1, 0.15) is 0 Å². The first-order valence-electron chi connectivity index (χ1n) is 4.93. The molecule has 0 atom stereocenters. The fraction of sp³-hybridized carbons (Fsp3) is 1.00. The van der Waals surface area contributed by atoms with Crippen molar-refractivity contribution in [1.82, 2.24) is 10.4 Å². The Bertz CT molecular complexity index is 317. The highest BCUT2D eigenvalue weighted by molar-refractivity contribution is 7.53. The van der Waals surface area contributed by atoms with Crippen molar-refractivity contribution >= 4 is 27.6 Å². The van der Waals surface area contributed by atoms with Crippen LogP contribution in [0.3, 0.4) is 0 Å². The van der Waals surface area contributed by atoms with Gasteiger partial charge in [0.2, 0.25) is 0 Å². The molecule has 0 fully saturated rings. The smallest absolute Gasteiger partial charge is 0.324 e. The first kappa shape index (κ1) is 20.8. The SMILES string of the molecule is CCC(CP(=O)(O)O)(CP(=O)(O)O)NN(C)C.Cl. The van der Waals surface area contributed by atoms with Crippen molar-refractivity contribution < 1.29 is 28.7 Å². The summed E-state index contributed by atoms with van der Waals surface area (Å²) in [6.45, 7) is 1.61. The number of nitrogens with one attached hydrogen (secondary N) is 1. The molecule has 0 bridgehead atoms. The maximum Gasteiger partial charge on any atom is 0.327 e. The van der Waals surface area contributed by atoms with Crippen molar-refractivity contribution in [3.8, 4) is 0 Å². The predicted molar refractivity (Wildman–Crippen MR) is 70.9 cm³/mol. The topological polar surface area (TPSA) is 130 Å². The van der Waals surface area contributed by atoms with Crippen LogP contribution in [0.2, 0.25) is 0 Å². The van der Waals surface area contributed by atoms with E-state index in [1.807, 2.05) is 0 Å². The second kappa shape index (κ2) is 7.33. The molecule has 0 rings (SSSR count). The van der Waals surface area contributed by atoms with Crippen molar-refractivity contribution in [2.24, 2.45) is 0 Å². The van der Waals surface area contributed by atoms with Gasteiger partial charge in [0.25, 0.3) is 0 Å². The van der Waals surface area contributed by atoms with E-state index in [1.165, 1.54) is 5.01 Å². The molecule has 0 amide bonds. The Hall–Kier alpha value is 0.510. The van der Waals surface area contributed by atoms with Crippen LogP contribution in [0.25, 0.3) is 0 Å². The van der Waals surface area contributed by atoms with Crippen LogP contribution in [0.4, 0.5) is 0 Å². The van der Waals surface area contributed by atoms with Crippen molar-refractivity contribution in [2.75, 3.05) is 26.4 Å². The average molecular weight is 327 g/mol. The molecular formula is C7H21ClN2O6P2. The number of halogens is 1. The van der Waals surface area contributed by atoms with E-state index in [9.17, 15) is 9.13 Å². The largest absolute Gasteiger partial charge is 0.327 e. The zero-order valence-electron chi connectivity index (χ0n) is 10.5. The Morgan fingerprint density at radius 1 is 1.06 bits per heavy atom. The molecule has 0 aliphatic carbocycles. The Kier molecular flexibility index (Phi) is 8.48. The molecule has 0 unspecified atom stereocenters. The third-order valence-corrected chi connectivity index (χ3v) is 4.19. The summed E-state index contributed by atoms with van der Waals surface area (Å²) in [5.41, 5.74) is 1.39. The Morgan fingerprint density at radius 3 is 1.56 bits per heavy atom. The third kappa shape index (κ3) is 9.44. The molecular weight excluding hydrogens is 305 g/mol. The summed E-state index contributed by atoms with van der Waals surface area (Å²) in [4.78, 5) is 36.0. The highest BCUT2D eigenvalue weighted by atomic mass is 35.5. The standard InChI is InChI=1S/C7H20N2O6P2.ClH/c1-4-7(8-9(2)3,5-16(10,11)12)6-17(13,14)15;/h8H,4-6H2,1-3H3,(H2,10,11,12)(H2,13,14,15);1H.